The molecule has 1 aliphatic rings. The molecule has 1 aromatic rings. The molecule has 2 atom stereocenters. The molecule has 1 fully saturated rings. The second-order valence-electron chi connectivity index (χ2n) is 5.17. The van der Waals surface area contributed by atoms with Crippen molar-refractivity contribution in [2.75, 3.05) is 13.1 Å². The van der Waals surface area contributed by atoms with Crippen LogP contribution in [0.4, 0.5) is 0 Å². The Balaban J connectivity index is 2.41. The van der Waals surface area contributed by atoms with Gasteiger partial charge in [-0.25, -0.2) is 8.42 Å². The largest absolute Gasteiger partial charge is 0.311 e. The first-order valence-corrected chi connectivity index (χ1v) is 8.15. The van der Waals surface area contributed by atoms with Gasteiger partial charge in [0.2, 0.25) is 10.0 Å². The lowest BCUT2D eigenvalue weighted by Gasteiger charge is -2.36. The van der Waals surface area contributed by atoms with Crippen molar-refractivity contribution >= 4 is 21.6 Å². The van der Waals surface area contributed by atoms with Crippen LogP contribution in [0.15, 0.2) is 23.1 Å². The summed E-state index contributed by atoms with van der Waals surface area (Å²) < 4.78 is 26.9. The fourth-order valence-corrected chi connectivity index (χ4v) is 4.56. The molecule has 0 spiro atoms. The summed E-state index contributed by atoms with van der Waals surface area (Å²) in [6.45, 7) is 6.89. The van der Waals surface area contributed by atoms with E-state index in [0.29, 0.717) is 18.1 Å². The smallest absolute Gasteiger partial charge is 0.244 e. The molecule has 0 aromatic heterocycles. The van der Waals surface area contributed by atoms with Crippen LogP contribution in [-0.2, 0) is 10.0 Å². The molecule has 2 rings (SSSR count). The molecule has 1 heterocycles. The quantitative estimate of drug-likeness (QED) is 0.909. The molecule has 0 amide bonds. The van der Waals surface area contributed by atoms with Gasteiger partial charge in [0.25, 0.3) is 0 Å². The Hall–Kier alpha value is -0.620. The lowest BCUT2D eigenvalue weighted by atomic mass is 10.2. The van der Waals surface area contributed by atoms with Gasteiger partial charge in [0.15, 0.2) is 0 Å². The van der Waals surface area contributed by atoms with E-state index in [1.54, 1.807) is 18.2 Å². The van der Waals surface area contributed by atoms with Crippen molar-refractivity contribution < 1.29 is 8.42 Å². The number of rotatable bonds is 2. The lowest BCUT2D eigenvalue weighted by Crippen LogP contribution is -2.56. The number of piperazine rings is 1. The van der Waals surface area contributed by atoms with E-state index < -0.39 is 10.0 Å². The molecule has 0 aliphatic carbocycles. The minimum Gasteiger partial charge on any atom is -0.311 e. The molecule has 1 aromatic carbocycles. The van der Waals surface area contributed by atoms with E-state index in [1.807, 2.05) is 20.8 Å². The molecule has 1 aliphatic heterocycles. The summed E-state index contributed by atoms with van der Waals surface area (Å²) in [5.74, 6) is 0. The number of aryl methyl sites for hydroxylation is 1. The first-order valence-electron chi connectivity index (χ1n) is 6.33. The molecule has 0 radical (unpaired) electrons. The Morgan fingerprint density at radius 3 is 2.68 bits per heavy atom. The summed E-state index contributed by atoms with van der Waals surface area (Å²) in [7, 11) is -3.53. The maximum atomic E-state index is 12.7. The van der Waals surface area contributed by atoms with Crippen LogP contribution in [0, 0.1) is 6.92 Å². The molecule has 0 bridgehead atoms. The maximum absolute atomic E-state index is 12.7. The first kappa shape index (κ1) is 14.8. The number of nitrogens with one attached hydrogen (secondary N) is 1. The van der Waals surface area contributed by atoms with Crippen LogP contribution in [0.3, 0.4) is 0 Å². The van der Waals surface area contributed by atoms with Gasteiger partial charge in [-0.3, -0.25) is 0 Å². The van der Waals surface area contributed by atoms with E-state index in [0.717, 1.165) is 5.56 Å². The average molecular weight is 303 g/mol. The SMILES string of the molecule is Cc1ccc(S(=O)(=O)N2CC(C)NCC2C)c(Cl)c1. The third-order valence-electron chi connectivity index (χ3n) is 3.38. The summed E-state index contributed by atoms with van der Waals surface area (Å²) in [5, 5.41) is 3.56. The number of halogens is 1. The zero-order chi connectivity index (χ0) is 14.2. The van der Waals surface area contributed by atoms with Gasteiger partial charge in [0.1, 0.15) is 4.90 Å². The highest BCUT2D eigenvalue weighted by molar-refractivity contribution is 7.89. The summed E-state index contributed by atoms with van der Waals surface area (Å²) in [5.41, 5.74) is 0.950. The fraction of sp³-hybridized carbons (Fsp3) is 0.538. The molecule has 1 saturated heterocycles. The monoisotopic (exact) mass is 302 g/mol. The molecule has 2 unspecified atom stereocenters. The van der Waals surface area contributed by atoms with Gasteiger partial charge in [-0.15, -0.1) is 0 Å². The second-order valence-corrected chi connectivity index (χ2v) is 7.43. The Kier molecular flexibility index (Phi) is 4.20. The van der Waals surface area contributed by atoms with Crippen LogP contribution in [0.2, 0.25) is 5.02 Å². The minimum atomic E-state index is -3.53. The van der Waals surface area contributed by atoms with E-state index in [2.05, 4.69) is 5.32 Å². The van der Waals surface area contributed by atoms with E-state index in [4.69, 9.17) is 11.6 Å². The lowest BCUT2D eigenvalue weighted by molar-refractivity contribution is 0.244. The Labute approximate surface area is 119 Å². The molecule has 6 heteroatoms. The van der Waals surface area contributed by atoms with Crippen molar-refractivity contribution in [3.8, 4) is 0 Å². The summed E-state index contributed by atoms with van der Waals surface area (Å²) >= 11 is 6.10. The Morgan fingerprint density at radius 1 is 1.37 bits per heavy atom. The van der Waals surface area contributed by atoms with Crippen molar-refractivity contribution in [2.24, 2.45) is 0 Å². The van der Waals surface area contributed by atoms with Crippen molar-refractivity contribution in [1.29, 1.82) is 0 Å². The van der Waals surface area contributed by atoms with Crippen molar-refractivity contribution in [1.82, 2.24) is 9.62 Å². The molecule has 1 N–H and O–H groups in total. The zero-order valence-corrected chi connectivity index (χ0v) is 12.9. The number of hydrogen-bond donors (Lipinski definition) is 1. The number of nitrogens with zero attached hydrogens (tertiary/aromatic N) is 1. The number of hydrogen-bond acceptors (Lipinski definition) is 3. The van der Waals surface area contributed by atoms with E-state index >= 15 is 0 Å². The summed E-state index contributed by atoms with van der Waals surface area (Å²) in [4.78, 5) is 0.195. The third-order valence-corrected chi connectivity index (χ3v) is 5.84. The molecular formula is C13H19ClN2O2S. The third kappa shape index (κ3) is 2.94. The van der Waals surface area contributed by atoms with Gasteiger partial charge in [-0.1, -0.05) is 17.7 Å². The van der Waals surface area contributed by atoms with Gasteiger partial charge >= 0.3 is 0 Å². The van der Waals surface area contributed by atoms with Crippen molar-refractivity contribution in [2.45, 2.75) is 37.8 Å². The predicted octanol–water partition coefficient (Wildman–Crippen LogP) is 2.02. The Morgan fingerprint density at radius 2 is 2.05 bits per heavy atom. The van der Waals surface area contributed by atoms with Gasteiger partial charge < -0.3 is 5.32 Å². The van der Waals surface area contributed by atoms with Gasteiger partial charge in [0, 0.05) is 25.2 Å². The normalized spacial score (nSPS) is 25.5. The predicted molar refractivity (Wildman–Crippen MR) is 77.0 cm³/mol. The van der Waals surface area contributed by atoms with E-state index in [-0.39, 0.29) is 17.0 Å². The van der Waals surface area contributed by atoms with Crippen LogP contribution in [-0.4, -0.2) is 37.9 Å². The maximum Gasteiger partial charge on any atom is 0.244 e. The fourth-order valence-electron chi connectivity index (χ4n) is 2.26. The van der Waals surface area contributed by atoms with E-state index in [1.165, 1.54) is 4.31 Å². The van der Waals surface area contributed by atoms with Crippen LogP contribution in [0.25, 0.3) is 0 Å². The molecule has 0 saturated carbocycles. The Bertz CT molecular complexity index is 574. The summed E-state index contributed by atoms with van der Waals surface area (Å²) in [6.07, 6.45) is 0. The standard InChI is InChI=1S/C13H19ClN2O2S/c1-9-4-5-13(12(14)6-9)19(17,18)16-8-10(2)15-7-11(16)3/h4-6,10-11,15H,7-8H2,1-3H3. The van der Waals surface area contributed by atoms with Gasteiger partial charge in [-0.05, 0) is 38.5 Å². The van der Waals surface area contributed by atoms with Crippen LogP contribution >= 0.6 is 11.6 Å². The van der Waals surface area contributed by atoms with Crippen molar-refractivity contribution in [3.63, 3.8) is 0 Å². The minimum absolute atomic E-state index is 0.0708. The van der Waals surface area contributed by atoms with Gasteiger partial charge in [-0.2, -0.15) is 4.31 Å². The second kappa shape index (κ2) is 5.40. The average Bonchev–Trinajstić information content (AvgIpc) is 2.31. The zero-order valence-electron chi connectivity index (χ0n) is 11.4. The number of benzene rings is 1. The van der Waals surface area contributed by atoms with Crippen LogP contribution in [0.5, 0.6) is 0 Å². The molecular weight excluding hydrogens is 284 g/mol. The highest BCUT2D eigenvalue weighted by Gasteiger charge is 2.34. The van der Waals surface area contributed by atoms with E-state index in [9.17, 15) is 8.42 Å². The van der Waals surface area contributed by atoms with Gasteiger partial charge in [0.05, 0.1) is 5.02 Å². The molecule has 4 nitrogen and oxygen atoms in total. The van der Waals surface area contributed by atoms with Crippen LogP contribution in [0.1, 0.15) is 19.4 Å². The molecule has 106 valence electrons. The van der Waals surface area contributed by atoms with Crippen molar-refractivity contribution in [3.05, 3.63) is 28.8 Å². The highest BCUT2D eigenvalue weighted by Crippen LogP contribution is 2.27. The topological polar surface area (TPSA) is 49.4 Å². The first-order chi connectivity index (χ1) is 8.82. The highest BCUT2D eigenvalue weighted by atomic mass is 35.5. The van der Waals surface area contributed by atoms with Crippen LogP contribution < -0.4 is 5.32 Å². The number of sulfonamides is 1. The molecule has 19 heavy (non-hydrogen) atoms. The summed E-state index contributed by atoms with van der Waals surface area (Å²) in [6, 6.07) is 5.13.